The zero-order chi connectivity index (χ0) is 12.1. The van der Waals surface area contributed by atoms with E-state index in [0.29, 0.717) is 24.8 Å². The van der Waals surface area contributed by atoms with E-state index in [2.05, 4.69) is 9.97 Å². The van der Waals surface area contributed by atoms with Crippen LogP contribution in [0.3, 0.4) is 0 Å². The summed E-state index contributed by atoms with van der Waals surface area (Å²) in [6, 6.07) is 1.50. The van der Waals surface area contributed by atoms with Crippen molar-refractivity contribution in [3.8, 4) is 0 Å². The number of hydrogen-bond donors (Lipinski definition) is 1. The molecule has 0 saturated heterocycles. The van der Waals surface area contributed by atoms with Gasteiger partial charge in [-0.05, 0) is 0 Å². The molecule has 5 nitrogen and oxygen atoms in total. The molecule has 1 rings (SSSR count). The summed E-state index contributed by atoms with van der Waals surface area (Å²) in [6.45, 7) is 5.32. The third-order valence-corrected chi connectivity index (χ3v) is 2.32. The number of anilines is 1. The Morgan fingerprint density at radius 3 is 2.81 bits per heavy atom. The van der Waals surface area contributed by atoms with E-state index in [-0.39, 0.29) is 11.5 Å². The molecule has 1 heterocycles. The van der Waals surface area contributed by atoms with Gasteiger partial charge in [0.25, 0.3) is 5.56 Å². The topological polar surface area (TPSA) is 58.2 Å². The number of nitrogens with zero attached hydrogens (tertiary/aromatic N) is 2. The minimum absolute atomic E-state index is 0.113. The number of aromatic amines is 1. The molecule has 0 aliphatic rings. The molecule has 0 amide bonds. The molecule has 1 aromatic heterocycles. The fourth-order valence-electron chi connectivity index (χ4n) is 1.27. The second kappa shape index (κ2) is 5.65. The fourth-order valence-corrected chi connectivity index (χ4v) is 1.27. The van der Waals surface area contributed by atoms with Crippen LogP contribution in [0.25, 0.3) is 0 Å². The summed E-state index contributed by atoms with van der Waals surface area (Å²) in [7, 11) is 3.55. The molecule has 5 heteroatoms. The van der Waals surface area contributed by atoms with Crippen LogP contribution in [0.1, 0.15) is 25.6 Å². The lowest BCUT2D eigenvalue weighted by atomic mass is 10.2. The van der Waals surface area contributed by atoms with Crippen molar-refractivity contribution >= 4 is 5.82 Å². The molecular formula is C11H19N3O2. The number of likely N-dealkylation sites (N-methyl/N-ethyl adjacent to an activating group) is 1. The van der Waals surface area contributed by atoms with Gasteiger partial charge in [-0.3, -0.25) is 4.79 Å². The first kappa shape index (κ1) is 12.7. The number of rotatable bonds is 5. The highest BCUT2D eigenvalue weighted by molar-refractivity contribution is 5.36. The summed E-state index contributed by atoms with van der Waals surface area (Å²) in [5, 5.41) is 0. The molecular weight excluding hydrogens is 206 g/mol. The van der Waals surface area contributed by atoms with Gasteiger partial charge in [-0.1, -0.05) is 13.8 Å². The van der Waals surface area contributed by atoms with Gasteiger partial charge in [0.15, 0.2) is 0 Å². The van der Waals surface area contributed by atoms with Crippen LogP contribution in [0, 0.1) is 0 Å². The van der Waals surface area contributed by atoms with Gasteiger partial charge in [0, 0.05) is 32.7 Å². The van der Waals surface area contributed by atoms with Crippen LogP contribution in [0.2, 0.25) is 0 Å². The minimum Gasteiger partial charge on any atom is -0.383 e. The highest BCUT2D eigenvalue weighted by Gasteiger charge is 2.08. The van der Waals surface area contributed by atoms with E-state index in [9.17, 15) is 4.79 Å². The van der Waals surface area contributed by atoms with Crippen molar-refractivity contribution in [1.82, 2.24) is 9.97 Å². The lowest BCUT2D eigenvalue weighted by Gasteiger charge is -2.18. The average molecular weight is 225 g/mol. The zero-order valence-electron chi connectivity index (χ0n) is 10.3. The molecule has 0 aromatic carbocycles. The molecule has 0 fully saturated rings. The summed E-state index contributed by atoms with van der Waals surface area (Å²) in [5.41, 5.74) is -0.113. The Hall–Kier alpha value is -1.36. The van der Waals surface area contributed by atoms with Gasteiger partial charge in [-0.15, -0.1) is 0 Å². The van der Waals surface area contributed by atoms with Crippen LogP contribution < -0.4 is 10.5 Å². The average Bonchev–Trinajstić information content (AvgIpc) is 2.24. The van der Waals surface area contributed by atoms with Crippen LogP contribution in [0.5, 0.6) is 0 Å². The van der Waals surface area contributed by atoms with Gasteiger partial charge in [-0.2, -0.15) is 0 Å². The third kappa shape index (κ3) is 3.34. The molecule has 0 saturated carbocycles. The predicted molar refractivity (Wildman–Crippen MR) is 64.1 cm³/mol. The van der Waals surface area contributed by atoms with Gasteiger partial charge in [-0.25, -0.2) is 4.98 Å². The molecule has 16 heavy (non-hydrogen) atoms. The maximum absolute atomic E-state index is 11.4. The lowest BCUT2D eigenvalue weighted by Crippen LogP contribution is -2.26. The van der Waals surface area contributed by atoms with E-state index in [4.69, 9.17) is 4.74 Å². The SMILES string of the molecule is COCCN(C)c1cc(=O)[nH]c(C(C)C)n1. The number of nitrogens with one attached hydrogen (secondary N) is 1. The number of ether oxygens (including phenoxy) is 1. The molecule has 0 radical (unpaired) electrons. The van der Waals surface area contributed by atoms with Crippen LogP contribution in [0.4, 0.5) is 5.82 Å². The first-order chi connectivity index (χ1) is 7.54. The van der Waals surface area contributed by atoms with E-state index in [0.717, 1.165) is 0 Å². The molecule has 0 bridgehead atoms. The summed E-state index contributed by atoms with van der Waals surface area (Å²) >= 11 is 0. The van der Waals surface area contributed by atoms with Gasteiger partial charge in [0.2, 0.25) is 0 Å². The van der Waals surface area contributed by atoms with Crippen molar-refractivity contribution in [2.45, 2.75) is 19.8 Å². The molecule has 1 N–H and O–H groups in total. The quantitative estimate of drug-likeness (QED) is 0.811. The number of aromatic nitrogens is 2. The molecule has 0 spiro atoms. The summed E-state index contributed by atoms with van der Waals surface area (Å²) in [5.74, 6) is 1.61. The second-order valence-electron chi connectivity index (χ2n) is 4.06. The summed E-state index contributed by atoms with van der Waals surface area (Å²) < 4.78 is 4.99. The van der Waals surface area contributed by atoms with E-state index in [1.165, 1.54) is 6.07 Å². The fraction of sp³-hybridized carbons (Fsp3) is 0.636. The lowest BCUT2D eigenvalue weighted by molar-refractivity contribution is 0.206. The molecule has 0 atom stereocenters. The Morgan fingerprint density at radius 1 is 1.56 bits per heavy atom. The van der Waals surface area contributed by atoms with Crippen molar-refractivity contribution in [3.05, 3.63) is 22.2 Å². The number of methoxy groups -OCH3 is 1. The molecule has 1 aromatic rings. The van der Waals surface area contributed by atoms with Crippen LogP contribution in [-0.2, 0) is 4.74 Å². The number of H-pyrrole nitrogens is 1. The number of hydrogen-bond acceptors (Lipinski definition) is 4. The molecule has 0 unspecified atom stereocenters. The maximum Gasteiger partial charge on any atom is 0.252 e. The van der Waals surface area contributed by atoms with Gasteiger partial charge < -0.3 is 14.6 Å². The summed E-state index contributed by atoms with van der Waals surface area (Å²) in [6.07, 6.45) is 0. The summed E-state index contributed by atoms with van der Waals surface area (Å²) in [4.78, 5) is 20.5. The maximum atomic E-state index is 11.4. The highest BCUT2D eigenvalue weighted by atomic mass is 16.5. The van der Waals surface area contributed by atoms with E-state index >= 15 is 0 Å². The highest BCUT2D eigenvalue weighted by Crippen LogP contribution is 2.11. The Bertz CT molecular complexity index is 387. The molecule has 0 aliphatic carbocycles. The van der Waals surface area contributed by atoms with Gasteiger partial charge in [0.05, 0.1) is 6.61 Å². The Labute approximate surface area is 95.5 Å². The molecule has 0 aliphatic heterocycles. The van der Waals surface area contributed by atoms with E-state index in [1.807, 2.05) is 25.8 Å². The molecule has 90 valence electrons. The predicted octanol–water partition coefficient (Wildman–Crippen LogP) is 0.976. The van der Waals surface area contributed by atoms with Crippen molar-refractivity contribution in [3.63, 3.8) is 0 Å². The Kier molecular flexibility index (Phi) is 4.49. The van der Waals surface area contributed by atoms with Gasteiger partial charge in [0.1, 0.15) is 11.6 Å². The largest absolute Gasteiger partial charge is 0.383 e. The Balaban J connectivity index is 2.91. The normalized spacial score (nSPS) is 10.8. The second-order valence-corrected chi connectivity index (χ2v) is 4.06. The smallest absolute Gasteiger partial charge is 0.252 e. The standard InChI is InChI=1S/C11H19N3O2/c1-8(2)11-12-9(7-10(15)13-11)14(3)5-6-16-4/h7-8H,5-6H2,1-4H3,(H,12,13,15). The van der Waals surface area contributed by atoms with Crippen LogP contribution in [0.15, 0.2) is 10.9 Å². The van der Waals surface area contributed by atoms with Crippen LogP contribution >= 0.6 is 0 Å². The van der Waals surface area contributed by atoms with E-state index in [1.54, 1.807) is 7.11 Å². The Morgan fingerprint density at radius 2 is 2.25 bits per heavy atom. The first-order valence-corrected chi connectivity index (χ1v) is 5.36. The zero-order valence-corrected chi connectivity index (χ0v) is 10.3. The van der Waals surface area contributed by atoms with Crippen molar-refractivity contribution in [1.29, 1.82) is 0 Å². The van der Waals surface area contributed by atoms with Gasteiger partial charge >= 0.3 is 0 Å². The third-order valence-electron chi connectivity index (χ3n) is 2.32. The first-order valence-electron chi connectivity index (χ1n) is 5.36. The van der Waals surface area contributed by atoms with E-state index < -0.39 is 0 Å². The van der Waals surface area contributed by atoms with Crippen molar-refractivity contribution in [2.75, 3.05) is 32.2 Å². The van der Waals surface area contributed by atoms with Crippen molar-refractivity contribution < 1.29 is 4.74 Å². The minimum atomic E-state index is -0.113. The van der Waals surface area contributed by atoms with Crippen LogP contribution in [-0.4, -0.2) is 37.3 Å². The van der Waals surface area contributed by atoms with Crippen molar-refractivity contribution in [2.24, 2.45) is 0 Å². The monoisotopic (exact) mass is 225 g/mol.